The summed E-state index contributed by atoms with van der Waals surface area (Å²) in [7, 11) is 0. The molecule has 0 heterocycles. The van der Waals surface area contributed by atoms with Gasteiger partial charge in [-0.05, 0) is 26.7 Å². The van der Waals surface area contributed by atoms with Gasteiger partial charge in [0.1, 0.15) is 0 Å². The van der Waals surface area contributed by atoms with Gasteiger partial charge in [0.2, 0.25) is 5.91 Å². The zero-order valence-electron chi connectivity index (χ0n) is 10.8. The second-order valence-corrected chi connectivity index (χ2v) is 4.41. The third-order valence-corrected chi connectivity index (χ3v) is 2.40. The van der Waals surface area contributed by atoms with Crippen molar-refractivity contribution in [3.8, 4) is 0 Å². The van der Waals surface area contributed by atoms with Crippen LogP contribution in [0.2, 0.25) is 0 Å². The molecule has 0 aliphatic heterocycles. The van der Waals surface area contributed by atoms with E-state index in [0.717, 1.165) is 0 Å². The Morgan fingerprint density at radius 3 is 2.44 bits per heavy atom. The van der Waals surface area contributed by atoms with Gasteiger partial charge in [0.05, 0.1) is 18.8 Å². The molecule has 0 aromatic heterocycles. The third-order valence-electron chi connectivity index (χ3n) is 2.40. The van der Waals surface area contributed by atoms with Gasteiger partial charge >= 0.3 is 5.97 Å². The molecule has 18 heavy (non-hydrogen) atoms. The Morgan fingerprint density at radius 2 is 2.00 bits per heavy atom. The molecule has 5 N–H and O–H groups in total. The Bertz CT molecular complexity index is 270. The molecule has 0 aromatic rings. The molecule has 2 atom stereocenters. The summed E-state index contributed by atoms with van der Waals surface area (Å²) in [5.74, 6) is 2.93. The molecular weight excluding hydrogens is 240 g/mol. The molecule has 2 unspecified atom stereocenters. The van der Waals surface area contributed by atoms with E-state index in [0.29, 0.717) is 0 Å². The second-order valence-electron chi connectivity index (χ2n) is 4.41. The van der Waals surface area contributed by atoms with Crippen LogP contribution in [0.4, 0.5) is 0 Å². The topological polar surface area (TPSA) is 122 Å². The summed E-state index contributed by atoms with van der Waals surface area (Å²) in [6, 6.07) is 0. The van der Waals surface area contributed by atoms with Crippen LogP contribution < -0.4 is 11.3 Å². The lowest BCUT2D eigenvalue weighted by Crippen LogP contribution is -2.38. The maximum Gasteiger partial charge on any atom is 0.303 e. The molecule has 0 fully saturated rings. The number of carbonyl (C=O) groups excluding carboxylic acids is 1. The fourth-order valence-corrected chi connectivity index (χ4v) is 1.47. The SMILES string of the molecule is CC(C)OCC(O)CC(CCC(=O)O)C(=O)NN. The fourth-order valence-electron chi connectivity index (χ4n) is 1.47. The number of aliphatic carboxylic acids is 1. The number of rotatable bonds is 9. The monoisotopic (exact) mass is 262 g/mol. The van der Waals surface area contributed by atoms with Crippen molar-refractivity contribution >= 4 is 11.9 Å². The smallest absolute Gasteiger partial charge is 0.303 e. The number of carboxylic acid groups (broad SMARTS) is 1. The number of nitrogens with two attached hydrogens (primary N) is 1. The predicted octanol–water partition coefficient (Wildman–Crippen LogP) is -0.367. The van der Waals surface area contributed by atoms with Crippen LogP contribution in [0.25, 0.3) is 0 Å². The lowest BCUT2D eigenvalue weighted by molar-refractivity contribution is -0.137. The first-order valence-electron chi connectivity index (χ1n) is 5.88. The molecule has 7 heteroatoms. The van der Waals surface area contributed by atoms with Gasteiger partial charge in [-0.1, -0.05) is 0 Å². The zero-order valence-corrected chi connectivity index (χ0v) is 10.8. The third kappa shape index (κ3) is 7.99. The maximum absolute atomic E-state index is 11.4. The highest BCUT2D eigenvalue weighted by molar-refractivity contribution is 5.78. The largest absolute Gasteiger partial charge is 0.481 e. The summed E-state index contributed by atoms with van der Waals surface area (Å²) >= 11 is 0. The average molecular weight is 262 g/mol. The molecule has 0 saturated carbocycles. The Labute approximate surface area is 106 Å². The standard InChI is InChI=1S/C11H22N2O5/c1-7(2)18-6-9(14)5-8(11(17)13-12)3-4-10(15)16/h7-9,14H,3-6,12H2,1-2H3,(H,13,17)(H,15,16). The lowest BCUT2D eigenvalue weighted by Gasteiger charge is -2.19. The number of amides is 1. The van der Waals surface area contributed by atoms with E-state index < -0.39 is 23.9 Å². The van der Waals surface area contributed by atoms with Crippen molar-refractivity contribution in [3.05, 3.63) is 0 Å². The minimum atomic E-state index is -0.988. The van der Waals surface area contributed by atoms with E-state index >= 15 is 0 Å². The van der Waals surface area contributed by atoms with Crippen LogP contribution in [-0.4, -0.2) is 40.9 Å². The average Bonchev–Trinajstić information content (AvgIpc) is 2.30. The van der Waals surface area contributed by atoms with Gasteiger partial charge in [0, 0.05) is 12.3 Å². The first kappa shape index (κ1) is 16.8. The summed E-state index contributed by atoms with van der Waals surface area (Å²) in [6.07, 6.45) is -0.709. The van der Waals surface area contributed by atoms with E-state index in [4.69, 9.17) is 15.7 Å². The van der Waals surface area contributed by atoms with Crippen molar-refractivity contribution in [3.63, 3.8) is 0 Å². The van der Waals surface area contributed by atoms with E-state index in [1.165, 1.54) is 0 Å². The van der Waals surface area contributed by atoms with Crippen LogP contribution in [0, 0.1) is 5.92 Å². The summed E-state index contributed by atoms with van der Waals surface area (Å²) in [4.78, 5) is 21.9. The quantitative estimate of drug-likeness (QED) is 0.255. The fraction of sp³-hybridized carbons (Fsp3) is 0.818. The first-order valence-corrected chi connectivity index (χ1v) is 5.88. The zero-order chi connectivity index (χ0) is 14.1. The minimum absolute atomic E-state index is 0.0135. The highest BCUT2D eigenvalue weighted by atomic mass is 16.5. The van der Waals surface area contributed by atoms with Crippen molar-refractivity contribution in [2.45, 2.75) is 45.3 Å². The number of hydrogen-bond donors (Lipinski definition) is 4. The number of carbonyl (C=O) groups is 2. The number of carboxylic acids is 1. The molecule has 0 spiro atoms. The van der Waals surface area contributed by atoms with E-state index in [9.17, 15) is 14.7 Å². The normalized spacial score (nSPS) is 14.3. The highest BCUT2D eigenvalue weighted by Crippen LogP contribution is 2.14. The molecule has 1 amide bonds. The summed E-state index contributed by atoms with van der Waals surface area (Å²) in [6.45, 7) is 3.78. The molecule has 0 aromatic carbocycles. The molecule has 0 saturated heterocycles. The Balaban J connectivity index is 4.21. The van der Waals surface area contributed by atoms with E-state index in [1.54, 1.807) is 0 Å². The van der Waals surface area contributed by atoms with Gasteiger partial charge in [0.25, 0.3) is 0 Å². The number of aliphatic hydroxyl groups excluding tert-OH is 1. The van der Waals surface area contributed by atoms with Crippen LogP contribution in [0.3, 0.4) is 0 Å². The molecule has 0 aliphatic carbocycles. The van der Waals surface area contributed by atoms with Gasteiger partial charge in [-0.3, -0.25) is 15.0 Å². The Morgan fingerprint density at radius 1 is 1.39 bits per heavy atom. The molecule has 0 aliphatic rings. The first-order chi connectivity index (χ1) is 8.36. The number of hydrogen-bond acceptors (Lipinski definition) is 5. The molecule has 0 rings (SSSR count). The number of nitrogens with one attached hydrogen (secondary N) is 1. The van der Waals surface area contributed by atoms with Gasteiger partial charge in [-0.2, -0.15) is 0 Å². The second kappa shape index (κ2) is 8.84. The van der Waals surface area contributed by atoms with Crippen molar-refractivity contribution in [1.82, 2.24) is 5.43 Å². The van der Waals surface area contributed by atoms with Crippen LogP contribution in [0.5, 0.6) is 0 Å². The lowest BCUT2D eigenvalue weighted by atomic mass is 9.95. The van der Waals surface area contributed by atoms with Crippen LogP contribution in [0.1, 0.15) is 33.1 Å². The Kier molecular flexibility index (Phi) is 8.27. The molecule has 0 bridgehead atoms. The predicted molar refractivity (Wildman–Crippen MR) is 64.4 cm³/mol. The molecular formula is C11H22N2O5. The van der Waals surface area contributed by atoms with Gasteiger partial charge in [-0.25, -0.2) is 5.84 Å². The van der Waals surface area contributed by atoms with E-state index in [-0.39, 0.29) is 32.0 Å². The highest BCUT2D eigenvalue weighted by Gasteiger charge is 2.22. The molecule has 7 nitrogen and oxygen atoms in total. The molecule has 106 valence electrons. The van der Waals surface area contributed by atoms with Crippen molar-refractivity contribution < 1.29 is 24.5 Å². The Hall–Kier alpha value is -1.18. The molecule has 0 radical (unpaired) electrons. The van der Waals surface area contributed by atoms with Crippen LogP contribution in [-0.2, 0) is 14.3 Å². The van der Waals surface area contributed by atoms with Crippen LogP contribution in [0.15, 0.2) is 0 Å². The van der Waals surface area contributed by atoms with Crippen molar-refractivity contribution in [1.29, 1.82) is 0 Å². The van der Waals surface area contributed by atoms with E-state index in [2.05, 4.69) is 0 Å². The summed E-state index contributed by atoms with van der Waals surface area (Å²) in [5.41, 5.74) is 1.98. The maximum atomic E-state index is 11.4. The summed E-state index contributed by atoms with van der Waals surface area (Å²) in [5, 5.41) is 18.3. The van der Waals surface area contributed by atoms with Crippen molar-refractivity contribution in [2.24, 2.45) is 11.8 Å². The minimum Gasteiger partial charge on any atom is -0.481 e. The summed E-state index contributed by atoms with van der Waals surface area (Å²) < 4.78 is 5.21. The number of hydrazine groups is 1. The number of aliphatic hydroxyl groups is 1. The van der Waals surface area contributed by atoms with Gasteiger partial charge in [-0.15, -0.1) is 0 Å². The van der Waals surface area contributed by atoms with E-state index in [1.807, 2.05) is 19.3 Å². The van der Waals surface area contributed by atoms with Crippen LogP contribution >= 0.6 is 0 Å². The number of ether oxygens (including phenoxy) is 1. The van der Waals surface area contributed by atoms with Gasteiger partial charge < -0.3 is 14.9 Å². The van der Waals surface area contributed by atoms with Gasteiger partial charge in [0.15, 0.2) is 0 Å². The van der Waals surface area contributed by atoms with Crippen molar-refractivity contribution in [2.75, 3.05) is 6.61 Å².